The number of aromatic nitrogens is 4. The number of hydrogen-bond donors (Lipinski definition) is 0. The first kappa shape index (κ1) is 28.2. The fourth-order valence-corrected chi connectivity index (χ4v) is 7.13. The molecule has 0 spiro atoms. The Hall–Kier alpha value is -6.85. The van der Waals surface area contributed by atoms with Gasteiger partial charge < -0.3 is 8.98 Å². The maximum absolute atomic E-state index is 6.16. The molecule has 0 aliphatic heterocycles. The molecule has 3 aromatic heterocycles. The summed E-state index contributed by atoms with van der Waals surface area (Å²) in [5.41, 5.74) is 10.2. The Bertz CT molecular complexity index is 2850. The van der Waals surface area contributed by atoms with Gasteiger partial charge in [-0.05, 0) is 59.7 Å². The molecule has 0 radical (unpaired) electrons. The SMILES string of the molecule is c1ccc(-c2nc(-c3ccc(-c4cccc5oc6ccccc6c45)cc3)nc(-c3ccc4c(c3)c3ccccc3n4-c3ccccc3)n2)cc1. The molecule has 50 heavy (non-hydrogen) atoms. The zero-order valence-electron chi connectivity index (χ0n) is 26.9. The predicted octanol–water partition coefficient (Wildman–Crippen LogP) is 11.5. The number of rotatable bonds is 5. The van der Waals surface area contributed by atoms with Gasteiger partial charge in [0.25, 0.3) is 0 Å². The summed E-state index contributed by atoms with van der Waals surface area (Å²) in [6.07, 6.45) is 0. The Labute approximate surface area is 287 Å². The van der Waals surface area contributed by atoms with E-state index in [1.807, 2.05) is 60.7 Å². The van der Waals surface area contributed by atoms with E-state index in [1.165, 1.54) is 5.39 Å². The Morgan fingerprint density at radius 2 is 0.940 bits per heavy atom. The summed E-state index contributed by atoms with van der Waals surface area (Å²) < 4.78 is 8.48. The van der Waals surface area contributed by atoms with E-state index < -0.39 is 0 Å². The van der Waals surface area contributed by atoms with Crippen LogP contribution in [0.25, 0.3) is 94.7 Å². The molecule has 0 aliphatic rings. The molecule has 0 N–H and O–H groups in total. The van der Waals surface area contributed by atoms with Crippen molar-refractivity contribution in [3.05, 3.63) is 170 Å². The Kier molecular flexibility index (Phi) is 6.42. The number of furan rings is 1. The second kappa shape index (κ2) is 11.4. The van der Waals surface area contributed by atoms with E-state index in [-0.39, 0.29) is 0 Å². The van der Waals surface area contributed by atoms with Crippen molar-refractivity contribution in [1.29, 1.82) is 0 Å². The van der Waals surface area contributed by atoms with Gasteiger partial charge >= 0.3 is 0 Å². The van der Waals surface area contributed by atoms with Crippen LogP contribution in [0, 0.1) is 0 Å². The van der Waals surface area contributed by atoms with Crippen LogP contribution in [0.15, 0.2) is 174 Å². The quantitative estimate of drug-likeness (QED) is 0.188. The van der Waals surface area contributed by atoms with Crippen LogP contribution in [-0.4, -0.2) is 19.5 Å². The summed E-state index contributed by atoms with van der Waals surface area (Å²) in [4.78, 5) is 15.1. The summed E-state index contributed by atoms with van der Waals surface area (Å²) >= 11 is 0. The van der Waals surface area contributed by atoms with Crippen LogP contribution < -0.4 is 0 Å². The van der Waals surface area contributed by atoms with Crippen molar-refractivity contribution in [1.82, 2.24) is 19.5 Å². The Morgan fingerprint density at radius 3 is 1.72 bits per heavy atom. The van der Waals surface area contributed by atoms with E-state index >= 15 is 0 Å². The van der Waals surface area contributed by atoms with Crippen molar-refractivity contribution in [2.75, 3.05) is 0 Å². The lowest BCUT2D eigenvalue weighted by Gasteiger charge is -2.10. The molecule has 0 saturated heterocycles. The van der Waals surface area contributed by atoms with E-state index in [4.69, 9.17) is 19.4 Å². The van der Waals surface area contributed by atoms with E-state index in [2.05, 4.69) is 114 Å². The first-order valence-electron chi connectivity index (χ1n) is 16.7. The third-order valence-electron chi connectivity index (χ3n) is 9.47. The molecular weight excluding hydrogens is 613 g/mol. The molecular formula is C45H28N4O. The molecule has 0 unspecified atom stereocenters. The summed E-state index contributed by atoms with van der Waals surface area (Å²) in [5.74, 6) is 1.89. The minimum absolute atomic E-state index is 0.624. The number of hydrogen-bond acceptors (Lipinski definition) is 4. The minimum atomic E-state index is 0.624. The Morgan fingerprint density at radius 1 is 0.380 bits per heavy atom. The molecule has 10 aromatic rings. The lowest BCUT2D eigenvalue weighted by atomic mass is 9.98. The topological polar surface area (TPSA) is 56.7 Å². The van der Waals surface area contributed by atoms with Crippen LogP contribution in [0.5, 0.6) is 0 Å². The van der Waals surface area contributed by atoms with Gasteiger partial charge in [0.15, 0.2) is 17.5 Å². The molecule has 5 heteroatoms. The van der Waals surface area contributed by atoms with Gasteiger partial charge in [-0.3, -0.25) is 0 Å². The maximum Gasteiger partial charge on any atom is 0.164 e. The van der Waals surface area contributed by atoms with Crippen LogP contribution in [0.3, 0.4) is 0 Å². The molecule has 0 amide bonds. The predicted molar refractivity (Wildman–Crippen MR) is 203 cm³/mol. The van der Waals surface area contributed by atoms with Gasteiger partial charge in [-0.25, -0.2) is 15.0 Å². The molecule has 5 nitrogen and oxygen atoms in total. The molecule has 10 rings (SSSR count). The van der Waals surface area contributed by atoms with Gasteiger partial charge in [-0.1, -0.05) is 121 Å². The van der Waals surface area contributed by atoms with E-state index in [9.17, 15) is 0 Å². The molecule has 7 aromatic carbocycles. The Balaban J connectivity index is 1.11. The average molecular weight is 641 g/mol. The van der Waals surface area contributed by atoms with Crippen LogP contribution in [0.1, 0.15) is 0 Å². The van der Waals surface area contributed by atoms with Gasteiger partial charge in [0.2, 0.25) is 0 Å². The van der Waals surface area contributed by atoms with Crippen molar-refractivity contribution in [3.8, 4) is 51.0 Å². The molecule has 0 aliphatic carbocycles. The zero-order valence-corrected chi connectivity index (χ0v) is 26.9. The van der Waals surface area contributed by atoms with Crippen molar-refractivity contribution >= 4 is 43.7 Å². The summed E-state index contributed by atoms with van der Waals surface area (Å²) in [6.45, 7) is 0. The van der Waals surface area contributed by atoms with Gasteiger partial charge in [0.1, 0.15) is 11.2 Å². The van der Waals surface area contributed by atoms with E-state index in [0.29, 0.717) is 17.5 Å². The zero-order chi connectivity index (χ0) is 33.0. The van der Waals surface area contributed by atoms with Crippen molar-refractivity contribution in [2.45, 2.75) is 0 Å². The van der Waals surface area contributed by atoms with Crippen molar-refractivity contribution < 1.29 is 4.42 Å². The van der Waals surface area contributed by atoms with Crippen LogP contribution in [0.2, 0.25) is 0 Å². The fourth-order valence-electron chi connectivity index (χ4n) is 7.13. The minimum Gasteiger partial charge on any atom is -0.456 e. The highest BCUT2D eigenvalue weighted by molar-refractivity contribution is 6.12. The lowest BCUT2D eigenvalue weighted by Crippen LogP contribution is -2.00. The van der Waals surface area contributed by atoms with E-state index in [1.54, 1.807) is 0 Å². The average Bonchev–Trinajstić information content (AvgIpc) is 3.74. The standard InChI is InChI=1S/C45H28N4O/c1-3-12-30(13-4-1)43-46-44(31-24-22-29(23-25-31)34-18-11-21-41-42(34)36-17-8-10-20-40(36)50-41)48-45(47-43)32-26-27-39-37(28-32)35-16-7-9-19-38(35)49(39)33-14-5-2-6-15-33/h1-28H. The highest BCUT2D eigenvalue weighted by Gasteiger charge is 2.17. The normalized spacial score (nSPS) is 11.6. The fraction of sp³-hybridized carbons (Fsp3) is 0. The first-order chi connectivity index (χ1) is 24.8. The molecule has 0 saturated carbocycles. The third kappa shape index (κ3) is 4.60. The lowest BCUT2D eigenvalue weighted by molar-refractivity contribution is 0.669. The number of nitrogens with zero attached hydrogens (tertiary/aromatic N) is 4. The molecule has 0 atom stereocenters. The molecule has 234 valence electrons. The first-order valence-corrected chi connectivity index (χ1v) is 16.7. The summed E-state index contributed by atoms with van der Waals surface area (Å²) in [5, 5.41) is 4.56. The summed E-state index contributed by atoms with van der Waals surface area (Å²) in [6, 6.07) is 58.6. The van der Waals surface area contributed by atoms with Gasteiger partial charge in [-0.15, -0.1) is 0 Å². The number of benzene rings is 7. The highest BCUT2D eigenvalue weighted by atomic mass is 16.3. The smallest absolute Gasteiger partial charge is 0.164 e. The van der Waals surface area contributed by atoms with Gasteiger partial charge in [-0.2, -0.15) is 0 Å². The molecule has 0 fully saturated rings. The second-order valence-corrected chi connectivity index (χ2v) is 12.4. The van der Waals surface area contributed by atoms with Crippen LogP contribution in [0.4, 0.5) is 0 Å². The largest absolute Gasteiger partial charge is 0.456 e. The number of fused-ring (bicyclic) bond motifs is 6. The second-order valence-electron chi connectivity index (χ2n) is 12.4. The maximum atomic E-state index is 6.16. The van der Waals surface area contributed by atoms with Crippen LogP contribution >= 0.6 is 0 Å². The monoisotopic (exact) mass is 640 g/mol. The van der Waals surface area contributed by atoms with Gasteiger partial charge in [0, 0.05) is 43.9 Å². The van der Waals surface area contributed by atoms with Crippen LogP contribution in [-0.2, 0) is 0 Å². The number of para-hydroxylation sites is 3. The van der Waals surface area contributed by atoms with Crippen molar-refractivity contribution in [2.24, 2.45) is 0 Å². The summed E-state index contributed by atoms with van der Waals surface area (Å²) in [7, 11) is 0. The van der Waals surface area contributed by atoms with Crippen molar-refractivity contribution in [3.63, 3.8) is 0 Å². The molecule has 3 heterocycles. The molecule has 0 bridgehead atoms. The van der Waals surface area contributed by atoms with Gasteiger partial charge in [0.05, 0.1) is 11.0 Å². The van der Waals surface area contributed by atoms with E-state index in [0.717, 1.165) is 71.9 Å². The third-order valence-corrected chi connectivity index (χ3v) is 9.47. The highest BCUT2D eigenvalue weighted by Crippen LogP contribution is 2.38.